The van der Waals surface area contributed by atoms with Crippen molar-refractivity contribution in [2.24, 2.45) is 0 Å². The van der Waals surface area contributed by atoms with Gasteiger partial charge in [-0.15, -0.1) is 0 Å². The van der Waals surface area contributed by atoms with Gasteiger partial charge >= 0.3 is 0 Å². The van der Waals surface area contributed by atoms with E-state index in [1.54, 1.807) is 0 Å². The summed E-state index contributed by atoms with van der Waals surface area (Å²) in [6.45, 7) is 3.77. The van der Waals surface area contributed by atoms with Crippen LogP contribution in [0.2, 0.25) is 0 Å². The van der Waals surface area contributed by atoms with Gasteiger partial charge in [-0.3, -0.25) is 4.90 Å². The highest BCUT2D eigenvalue weighted by molar-refractivity contribution is 7.99. The number of rotatable bonds is 1. The molecule has 3 rings (SSSR count). The van der Waals surface area contributed by atoms with Gasteiger partial charge in [0.1, 0.15) is 0 Å². The zero-order valence-corrected chi connectivity index (χ0v) is 11.0. The fourth-order valence-electron chi connectivity index (χ4n) is 3.87. The van der Waals surface area contributed by atoms with Crippen LogP contribution in [-0.2, 0) is 0 Å². The largest absolute Gasteiger partial charge is 0.314 e. The van der Waals surface area contributed by atoms with Crippen molar-refractivity contribution in [1.82, 2.24) is 10.2 Å². The van der Waals surface area contributed by atoms with Crippen LogP contribution < -0.4 is 5.32 Å². The zero-order valence-electron chi connectivity index (χ0n) is 10.2. The fourth-order valence-corrected chi connectivity index (χ4v) is 5.10. The molecule has 0 amide bonds. The monoisotopic (exact) mass is 240 g/mol. The van der Waals surface area contributed by atoms with E-state index < -0.39 is 0 Å². The molecule has 3 fully saturated rings. The molecule has 92 valence electrons. The predicted octanol–water partition coefficient (Wildman–Crippen LogP) is 2.10. The molecule has 16 heavy (non-hydrogen) atoms. The van der Waals surface area contributed by atoms with Crippen molar-refractivity contribution in [3.8, 4) is 0 Å². The first-order valence-electron chi connectivity index (χ1n) is 6.96. The minimum Gasteiger partial charge on any atom is -0.314 e. The lowest BCUT2D eigenvalue weighted by Gasteiger charge is -2.52. The quantitative estimate of drug-likeness (QED) is 0.755. The minimum atomic E-state index is 0.548. The maximum absolute atomic E-state index is 3.65. The Labute approximate surface area is 104 Å². The number of nitrogens with zero attached hydrogens (tertiary/aromatic N) is 1. The van der Waals surface area contributed by atoms with E-state index >= 15 is 0 Å². The van der Waals surface area contributed by atoms with Gasteiger partial charge in [0.05, 0.1) is 0 Å². The Hall–Kier alpha value is 0.270. The average molecular weight is 240 g/mol. The van der Waals surface area contributed by atoms with Crippen molar-refractivity contribution in [3.63, 3.8) is 0 Å². The van der Waals surface area contributed by atoms with Gasteiger partial charge in [-0.05, 0) is 25.0 Å². The highest BCUT2D eigenvalue weighted by Crippen LogP contribution is 2.38. The Balaban J connectivity index is 1.76. The lowest BCUT2D eigenvalue weighted by atomic mass is 9.78. The Morgan fingerprint density at radius 3 is 2.81 bits per heavy atom. The van der Waals surface area contributed by atoms with E-state index in [-0.39, 0.29) is 0 Å². The van der Waals surface area contributed by atoms with Crippen LogP contribution in [0.4, 0.5) is 0 Å². The summed E-state index contributed by atoms with van der Waals surface area (Å²) in [7, 11) is 0. The summed E-state index contributed by atoms with van der Waals surface area (Å²) in [4.78, 5) is 2.91. The highest BCUT2D eigenvalue weighted by atomic mass is 32.2. The summed E-state index contributed by atoms with van der Waals surface area (Å²) >= 11 is 2.16. The first-order valence-corrected chi connectivity index (χ1v) is 8.11. The topological polar surface area (TPSA) is 15.3 Å². The molecule has 1 saturated carbocycles. The second-order valence-corrected chi connectivity index (χ2v) is 6.82. The minimum absolute atomic E-state index is 0.548. The smallest absolute Gasteiger partial charge is 0.0337 e. The lowest BCUT2D eigenvalue weighted by molar-refractivity contribution is 0.000481. The molecular formula is C13H24N2S. The van der Waals surface area contributed by atoms with Crippen molar-refractivity contribution in [1.29, 1.82) is 0 Å². The third-order valence-electron chi connectivity index (χ3n) is 4.72. The number of nitrogens with one attached hydrogen (secondary N) is 1. The van der Waals surface area contributed by atoms with Gasteiger partial charge in [-0.2, -0.15) is 11.8 Å². The second-order valence-electron chi connectivity index (χ2n) is 5.67. The Morgan fingerprint density at radius 1 is 1.19 bits per heavy atom. The van der Waals surface area contributed by atoms with Crippen LogP contribution in [0.1, 0.15) is 38.5 Å². The van der Waals surface area contributed by atoms with E-state index in [4.69, 9.17) is 0 Å². The standard InChI is InChI=1S/C13H24N2S/c1-2-5-13(6-3-1)11-14-7-8-15(13)12-4-9-16-10-12/h12,14H,1-11H2. The summed E-state index contributed by atoms with van der Waals surface area (Å²) in [6, 6.07) is 0.894. The maximum atomic E-state index is 3.65. The number of piperazine rings is 1. The average Bonchev–Trinajstić information content (AvgIpc) is 2.84. The Bertz CT molecular complexity index is 224. The van der Waals surface area contributed by atoms with Crippen LogP contribution in [0.5, 0.6) is 0 Å². The second kappa shape index (κ2) is 4.87. The van der Waals surface area contributed by atoms with Gasteiger partial charge < -0.3 is 5.32 Å². The van der Waals surface area contributed by atoms with Gasteiger partial charge in [0.25, 0.3) is 0 Å². The first-order chi connectivity index (χ1) is 7.91. The van der Waals surface area contributed by atoms with Crippen molar-refractivity contribution in [2.45, 2.75) is 50.1 Å². The van der Waals surface area contributed by atoms with E-state index in [0.29, 0.717) is 5.54 Å². The molecule has 0 bridgehead atoms. The molecule has 2 nitrogen and oxygen atoms in total. The molecule has 0 radical (unpaired) electrons. The van der Waals surface area contributed by atoms with Crippen LogP contribution >= 0.6 is 11.8 Å². The summed E-state index contributed by atoms with van der Waals surface area (Å²) < 4.78 is 0. The molecule has 0 aromatic rings. The van der Waals surface area contributed by atoms with E-state index in [1.165, 1.54) is 69.7 Å². The van der Waals surface area contributed by atoms with Crippen molar-refractivity contribution >= 4 is 11.8 Å². The first kappa shape index (κ1) is 11.4. The Morgan fingerprint density at radius 2 is 2.06 bits per heavy atom. The van der Waals surface area contributed by atoms with Gasteiger partial charge in [0, 0.05) is 37.0 Å². The number of hydrogen-bond donors (Lipinski definition) is 1. The molecule has 1 atom stereocenters. The molecule has 1 unspecified atom stereocenters. The number of thioether (sulfide) groups is 1. The van der Waals surface area contributed by atoms with Crippen molar-refractivity contribution < 1.29 is 0 Å². The van der Waals surface area contributed by atoms with Crippen LogP contribution in [0.15, 0.2) is 0 Å². The molecule has 3 heteroatoms. The summed E-state index contributed by atoms with van der Waals surface area (Å²) in [6.07, 6.45) is 8.71. The van der Waals surface area contributed by atoms with E-state index in [2.05, 4.69) is 22.0 Å². The number of hydrogen-bond acceptors (Lipinski definition) is 3. The van der Waals surface area contributed by atoms with E-state index in [9.17, 15) is 0 Å². The zero-order chi connectivity index (χ0) is 10.8. The molecule has 0 aromatic heterocycles. The molecule has 1 spiro atoms. The fraction of sp³-hybridized carbons (Fsp3) is 1.00. The van der Waals surface area contributed by atoms with Crippen LogP contribution in [0.25, 0.3) is 0 Å². The van der Waals surface area contributed by atoms with Crippen molar-refractivity contribution in [3.05, 3.63) is 0 Å². The molecule has 0 aromatic carbocycles. The molecule has 1 N–H and O–H groups in total. The SMILES string of the molecule is C1CCC2(CC1)CNCCN2C1CCSC1. The third-order valence-corrected chi connectivity index (χ3v) is 5.87. The highest BCUT2D eigenvalue weighted by Gasteiger charge is 2.43. The molecular weight excluding hydrogens is 216 g/mol. The van der Waals surface area contributed by atoms with Crippen LogP contribution in [-0.4, -0.2) is 47.6 Å². The Kier molecular flexibility index (Phi) is 3.46. The van der Waals surface area contributed by atoms with Gasteiger partial charge in [-0.25, -0.2) is 0 Å². The molecule has 2 heterocycles. The van der Waals surface area contributed by atoms with Gasteiger partial charge in [0.2, 0.25) is 0 Å². The molecule has 3 aliphatic rings. The molecule has 2 aliphatic heterocycles. The van der Waals surface area contributed by atoms with Gasteiger partial charge in [-0.1, -0.05) is 19.3 Å². The van der Waals surface area contributed by atoms with E-state index in [1.807, 2.05) is 0 Å². The summed E-state index contributed by atoms with van der Waals surface area (Å²) in [5.74, 6) is 2.78. The van der Waals surface area contributed by atoms with E-state index in [0.717, 1.165) is 6.04 Å². The summed E-state index contributed by atoms with van der Waals surface area (Å²) in [5.41, 5.74) is 0.548. The van der Waals surface area contributed by atoms with Crippen LogP contribution in [0, 0.1) is 0 Å². The summed E-state index contributed by atoms with van der Waals surface area (Å²) in [5, 5.41) is 3.65. The predicted molar refractivity (Wildman–Crippen MR) is 71.1 cm³/mol. The van der Waals surface area contributed by atoms with Crippen LogP contribution in [0.3, 0.4) is 0 Å². The lowest BCUT2D eigenvalue weighted by Crippen LogP contribution is -2.64. The maximum Gasteiger partial charge on any atom is 0.0337 e. The molecule has 1 aliphatic carbocycles. The normalized spacial score (nSPS) is 35.6. The van der Waals surface area contributed by atoms with Gasteiger partial charge in [0.15, 0.2) is 0 Å². The molecule has 2 saturated heterocycles. The third kappa shape index (κ3) is 2.02. The van der Waals surface area contributed by atoms with Crippen molar-refractivity contribution in [2.75, 3.05) is 31.1 Å².